The van der Waals surface area contributed by atoms with E-state index in [0.717, 1.165) is 0 Å². The van der Waals surface area contributed by atoms with Crippen LogP contribution >= 0.6 is 0 Å². The standard InChI is InChI=1S/C10H12O4/c1-7(11)8-5-4-6-9(12)10(8,13-2)14-3/h4-6H,1-3H3. The lowest BCUT2D eigenvalue weighted by Crippen LogP contribution is -2.46. The molecule has 4 heteroatoms. The van der Waals surface area contributed by atoms with Crippen molar-refractivity contribution in [2.24, 2.45) is 0 Å². The van der Waals surface area contributed by atoms with Gasteiger partial charge in [-0.15, -0.1) is 0 Å². The zero-order valence-electron chi connectivity index (χ0n) is 8.37. The maximum atomic E-state index is 11.6. The average Bonchev–Trinajstić information content (AvgIpc) is 2.17. The number of hydrogen-bond donors (Lipinski definition) is 0. The van der Waals surface area contributed by atoms with Crippen LogP contribution in [0.25, 0.3) is 0 Å². The van der Waals surface area contributed by atoms with Crippen LogP contribution in [0.5, 0.6) is 0 Å². The van der Waals surface area contributed by atoms with Gasteiger partial charge in [0.15, 0.2) is 5.78 Å². The van der Waals surface area contributed by atoms with Crippen LogP contribution in [0.15, 0.2) is 23.8 Å². The minimum absolute atomic E-state index is 0.218. The minimum atomic E-state index is -1.55. The summed E-state index contributed by atoms with van der Waals surface area (Å²) in [5.41, 5.74) is 0.218. The molecule has 0 bridgehead atoms. The van der Waals surface area contributed by atoms with E-state index in [1.807, 2.05) is 0 Å². The monoisotopic (exact) mass is 196 g/mol. The van der Waals surface area contributed by atoms with Crippen LogP contribution < -0.4 is 0 Å². The van der Waals surface area contributed by atoms with E-state index >= 15 is 0 Å². The van der Waals surface area contributed by atoms with Crippen LogP contribution in [-0.2, 0) is 19.1 Å². The molecule has 14 heavy (non-hydrogen) atoms. The number of ketones is 2. The summed E-state index contributed by atoms with van der Waals surface area (Å²) >= 11 is 0. The molecular weight excluding hydrogens is 184 g/mol. The highest BCUT2D eigenvalue weighted by Crippen LogP contribution is 2.27. The van der Waals surface area contributed by atoms with E-state index in [1.165, 1.54) is 39.4 Å². The number of carbonyl (C=O) groups is 2. The lowest BCUT2D eigenvalue weighted by Gasteiger charge is -2.30. The van der Waals surface area contributed by atoms with Gasteiger partial charge in [-0.1, -0.05) is 6.08 Å². The summed E-state index contributed by atoms with van der Waals surface area (Å²) in [6, 6.07) is 0. The molecule has 76 valence electrons. The number of methoxy groups -OCH3 is 2. The average molecular weight is 196 g/mol. The Labute approximate surface area is 82.2 Å². The van der Waals surface area contributed by atoms with Crippen LogP contribution in [0.3, 0.4) is 0 Å². The zero-order valence-corrected chi connectivity index (χ0v) is 8.37. The molecule has 0 fully saturated rings. The van der Waals surface area contributed by atoms with Gasteiger partial charge >= 0.3 is 0 Å². The second-order valence-corrected chi connectivity index (χ2v) is 2.88. The largest absolute Gasteiger partial charge is 0.343 e. The predicted molar refractivity (Wildman–Crippen MR) is 49.7 cm³/mol. The molecular formula is C10H12O4. The fourth-order valence-corrected chi connectivity index (χ4v) is 1.44. The van der Waals surface area contributed by atoms with Gasteiger partial charge in [0.1, 0.15) is 0 Å². The number of ether oxygens (including phenoxy) is 2. The normalized spacial score (nSPS) is 19.4. The van der Waals surface area contributed by atoms with Crippen molar-refractivity contribution < 1.29 is 19.1 Å². The second kappa shape index (κ2) is 3.86. The van der Waals surface area contributed by atoms with Crippen molar-refractivity contribution in [3.8, 4) is 0 Å². The first-order valence-corrected chi connectivity index (χ1v) is 4.13. The highest BCUT2D eigenvalue weighted by atomic mass is 16.7. The Balaban J connectivity index is 3.23. The molecule has 0 aromatic carbocycles. The molecule has 0 radical (unpaired) electrons. The maximum Gasteiger partial charge on any atom is 0.263 e. The Morgan fingerprint density at radius 3 is 2.29 bits per heavy atom. The molecule has 0 spiro atoms. The van der Waals surface area contributed by atoms with Crippen LogP contribution in [0, 0.1) is 0 Å². The van der Waals surface area contributed by atoms with Crippen molar-refractivity contribution in [1.82, 2.24) is 0 Å². The molecule has 0 unspecified atom stereocenters. The Kier molecular flexibility index (Phi) is 2.98. The molecule has 0 aromatic rings. The van der Waals surface area contributed by atoms with Crippen molar-refractivity contribution in [3.63, 3.8) is 0 Å². The van der Waals surface area contributed by atoms with Gasteiger partial charge in [0.05, 0.1) is 5.57 Å². The van der Waals surface area contributed by atoms with E-state index in [4.69, 9.17) is 9.47 Å². The SMILES string of the molecule is COC1(OC)C(=O)C=CC=C1C(C)=O. The van der Waals surface area contributed by atoms with Crippen LogP contribution in [0.4, 0.5) is 0 Å². The van der Waals surface area contributed by atoms with E-state index in [1.54, 1.807) is 0 Å². The Morgan fingerprint density at radius 1 is 1.36 bits per heavy atom. The molecule has 1 aliphatic rings. The third-order valence-electron chi connectivity index (χ3n) is 2.14. The topological polar surface area (TPSA) is 52.6 Å². The molecule has 0 aliphatic heterocycles. The van der Waals surface area contributed by atoms with Crippen molar-refractivity contribution in [2.75, 3.05) is 14.2 Å². The second-order valence-electron chi connectivity index (χ2n) is 2.88. The van der Waals surface area contributed by atoms with Gasteiger partial charge in [0, 0.05) is 14.2 Å². The fraction of sp³-hybridized carbons (Fsp3) is 0.400. The predicted octanol–water partition coefficient (Wildman–Crippen LogP) is 0.630. The smallest absolute Gasteiger partial charge is 0.263 e. The lowest BCUT2D eigenvalue weighted by molar-refractivity contribution is -0.187. The fourth-order valence-electron chi connectivity index (χ4n) is 1.44. The number of carbonyl (C=O) groups excluding carboxylic acids is 2. The van der Waals surface area contributed by atoms with Crippen LogP contribution in [0.1, 0.15) is 6.92 Å². The van der Waals surface area contributed by atoms with Crippen molar-refractivity contribution in [3.05, 3.63) is 23.8 Å². The Hall–Kier alpha value is -1.26. The summed E-state index contributed by atoms with van der Waals surface area (Å²) in [4.78, 5) is 22.8. The van der Waals surface area contributed by atoms with E-state index in [-0.39, 0.29) is 17.1 Å². The Morgan fingerprint density at radius 2 is 1.93 bits per heavy atom. The molecule has 0 atom stereocenters. The minimum Gasteiger partial charge on any atom is -0.343 e. The third kappa shape index (κ3) is 1.42. The molecule has 0 N–H and O–H groups in total. The lowest BCUT2D eigenvalue weighted by atomic mass is 9.93. The van der Waals surface area contributed by atoms with Crippen molar-refractivity contribution >= 4 is 11.6 Å². The summed E-state index contributed by atoms with van der Waals surface area (Å²) in [5, 5.41) is 0. The summed E-state index contributed by atoms with van der Waals surface area (Å²) in [6.07, 6.45) is 4.35. The molecule has 4 nitrogen and oxygen atoms in total. The molecule has 1 rings (SSSR count). The summed E-state index contributed by atoms with van der Waals surface area (Å²) in [5.74, 6) is -2.18. The maximum absolute atomic E-state index is 11.6. The van der Waals surface area contributed by atoms with Gasteiger partial charge in [0.25, 0.3) is 5.79 Å². The number of Topliss-reactive ketones (excluding diaryl/α,β-unsaturated/α-hetero) is 1. The molecule has 0 amide bonds. The van der Waals surface area contributed by atoms with Crippen molar-refractivity contribution in [1.29, 1.82) is 0 Å². The molecule has 1 aliphatic carbocycles. The highest BCUT2D eigenvalue weighted by molar-refractivity contribution is 6.09. The third-order valence-corrected chi connectivity index (χ3v) is 2.14. The Bertz CT molecular complexity index is 321. The van der Waals surface area contributed by atoms with Crippen LogP contribution in [0.2, 0.25) is 0 Å². The molecule has 0 saturated heterocycles. The number of hydrogen-bond acceptors (Lipinski definition) is 4. The molecule has 0 heterocycles. The van der Waals surface area contributed by atoms with Gasteiger partial charge < -0.3 is 9.47 Å². The first kappa shape index (κ1) is 10.8. The molecule has 0 saturated carbocycles. The first-order chi connectivity index (χ1) is 6.58. The summed E-state index contributed by atoms with van der Waals surface area (Å²) in [6.45, 7) is 1.37. The van der Waals surface area contributed by atoms with Gasteiger partial charge in [-0.25, -0.2) is 0 Å². The van der Waals surface area contributed by atoms with Gasteiger partial charge in [-0.3, -0.25) is 9.59 Å². The summed E-state index contributed by atoms with van der Waals surface area (Å²) < 4.78 is 10.0. The van der Waals surface area contributed by atoms with Crippen LogP contribution in [-0.4, -0.2) is 31.6 Å². The van der Waals surface area contributed by atoms with Crippen molar-refractivity contribution in [2.45, 2.75) is 12.7 Å². The first-order valence-electron chi connectivity index (χ1n) is 4.13. The van der Waals surface area contributed by atoms with Gasteiger partial charge in [-0.2, -0.15) is 0 Å². The summed E-state index contributed by atoms with van der Waals surface area (Å²) in [7, 11) is 2.66. The molecule has 0 aromatic heterocycles. The van der Waals surface area contributed by atoms with E-state index in [0.29, 0.717) is 0 Å². The zero-order chi connectivity index (χ0) is 10.8. The van der Waals surface area contributed by atoms with E-state index < -0.39 is 5.79 Å². The number of rotatable bonds is 3. The van der Waals surface area contributed by atoms with Gasteiger partial charge in [-0.05, 0) is 19.1 Å². The number of allylic oxidation sites excluding steroid dienone is 2. The van der Waals surface area contributed by atoms with E-state index in [9.17, 15) is 9.59 Å². The quantitative estimate of drug-likeness (QED) is 0.621. The van der Waals surface area contributed by atoms with E-state index in [2.05, 4.69) is 0 Å². The van der Waals surface area contributed by atoms with Gasteiger partial charge in [0.2, 0.25) is 5.78 Å². The highest BCUT2D eigenvalue weighted by Gasteiger charge is 2.44.